The first-order valence-corrected chi connectivity index (χ1v) is 7.14. The summed E-state index contributed by atoms with van der Waals surface area (Å²) in [5.74, 6) is 0.0568. The van der Waals surface area contributed by atoms with Gasteiger partial charge in [0.05, 0.1) is 10.7 Å². The van der Waals surface area contributed by atoms with Gasteiger partial charge in [-0.15, -0.1) is 0 Å². The summed E-state index contributed by atoms with van der Waals surface area (Å²) in [5, 5.41) is 4.20. The molecule has 1 aliphatic heterocycles. The number of carbonyl (C=O) groups is 1. The molecule has 3 rings (SSSR count). The maximum Gasteiger partial charge on any atom is 0.253 e. The molecular weight excluding hydrogens is 325 g/mol. The van der Waals surface area contributed by atoms with E-state index in [4.69, 9.17) is 0 Å². The van der Waals surface area contributed by atoms with E-state index >= 15 is 0 Å². The van der Waals surface area contributed by atoms with Crippen LogP contribution in [0, 0.1) is 11.7 Å². The number of rotatable bonds is 3. The van der Waals surface area contributed by atoms with Gasteiger partial charge in [0, 0.05) is 37.3 Å². The molecule has 104 valence electrons. The molecular formula is C14H13BrFN3O. The maximum absolute atomic E-state index is 12.8. The van der Waals surface area contributed by atoms with Gasteiger partial charge in [0.1, 0.15) is 5.82 Å². The molecule has 0 aliphatic carbocycles. The minimum atomic E-state index is -0.327. The van der Waals surface area contributed by atoms with Crippen molar-refractivity contribution in [2.75, 3.05) is 13.1 Å². The van der Waals surface area contributed by atoms with Crippen LogP contribution in [0.4, 0.5) is 4.39 Å². The van der Waals surface area contributed by atoms with Gasteiger partial charge in [0.15, 0.2) is 0 Å². The highest BCUT2D eigenvalue weighted by Gasteiger charge is 2.31. The quantitative estimate of drug-likeness (QED) is 0.863. The molecule has 4 nitrogen and oxygen atoms in total. The normalized spacial score (nSPS) is 15.2. The number of hydrogen-bond donors (Lipinski definition) is 0. The van der Waals surface area contributed by atoms with Crippen LogP contribution in [0.5, 0.6) is 0 Å². The molecule has 1 aromatic carbocycles. The average molecular weight is 338 g/mol. The number of hydrogen-bond acceptors (Lipinski definition) is 2. The molecule has 0 saturated carbocycles. The van der Waals surface area contributed by atoms with Crippen molar-refractivity contribution in [3.8, 4) is 0 Å². The summed E-state index contributed by atoms with van der Waals surface area (Å²) in [4.78, 5) is 13.9. The van der Waals surface area contributed by atoms with Crippen LogP contribution in [0.25, 0.3) is 0 Å². The van der Waals surface area contributed by atoms with E-state index < -0.39 is 0 Å². The molecule has 1 fully saturated rings. The van der Waals surface area contributed by atoms with Crippen molar-refractivity contribution < 1.29 is 9.18 Å². The second kappa shape index (κ2) is 5.36. The van der Waals surface area contributed by atoms with Crippen molar-refractivity contribution in [3.05, 3.63) is 52.5 Å². The molecule has 2 aromatic rings. The summed E-state index contributed by atoms with van der Waals surface area (Å²) >= 11 is 3.35. The van der Waals surface area contributed by atoms with E-state index in [1.807, 2.05) is 10.9 Å². The van der Waals surface area contributed by atoms with Gasteiger partial charge in [-0.25, -0.2) is 4.39 Å². The average Bonchev–Trinajstić information content (AvgIpc) is 2.79. The zero-order chi connectivity index (χ0) is 14.1. The fraction of sp³-hybridized carbons (Fsp3) is 0.286. The Balaban J connectivity index is 1.54. The topological polar surface area (TPSA) is 38.1 Å². The van der Waals surface area contributed by atoms with Crippen LogP contribution < -0.4 is 0 Å². The lowest BCUT2D eigenvalue weighted by Gasteiger charge is -2.39. The predicted molar refractivity (Wildman–Crippen MR) is 75.7 cm³/mol. The minimum Gasteiger partial charge on any atom is -0.338 e. The van der Waals surface area contributed by atoms with E-state index in [0.29, 0.717) is 24.6 Å². The third-order valence-electron chi connectivity index (χ3n) is 3.38. The predicted octanol–water partition coefficient (Wildman–Crippen LogP) is 2.56. The van der Waals surface area contributed by atoms with Gasteiger partial charge in [-0.3, -0.25) is 9.48 Å². The van der Waals surface area contributed by atoms with E-state index in [2.05, 4.69) is 21.0 Å². The Morgan fingerprint density at radius 2 is 2.05 bits per heavy atom. The number of halogens is 2. The van der Waals surface area contributed by atoms with Crippen molar-refractivity contribution in [1.29, 1.82) is 0 Å². The van der Waals surface area contributed by atoms with Crippen LogP contribution in [-0.2, 0) is 6.54 Å². The summed E-state index contributed by atoms with van der Waals surface area (Å²) in [6.07, 6.45) is 3.67. The summed E-state index contributed by atoms with van der Waals surface area (Å²) < 4.78 is 15.6. The smallest absolute Gasteiger partial charge is 0.253 e. The number of nitrogens with zero attached hydrogens (tertiary/aromatic N) is 3. The Morgan fingerprint density at radius 1 is 1.35 bits per heavy atom. The Hall–Kier alpha value is -1.69. The van der Waals surface area contributed by atoms with Crippen molar-refractivity contribution in [1.82, 2.24) is 14.7 Å². The van der Waals surface area contributed by atoms with Crippen LogP contribution in [0.15, 0.2) is 41.1 Å². The summed E-state index contributed by atoms with van der Waals surface area (Å²) in [6, 6.07) is 5.67. The molecule has 1 amide bonds. The largest absolute Gasteiger partial charge is 0.338 e. The molecule has 6 heteroatoms. The monoisotopic (exact) mass is 337 g/mol. The highest BCUT2D eigenvalue weighted by Crippen LogP contribution is 2.21. The number of benzene rings is 1. The van der Waals surface area contributed by atoms with Gasteiger partial charge in [-0.2, -0.15) is 5.10 Å². The van der Waals surface area contributed by atoms with Crippen molar-refractivity contribution >= 4 is 21.8 Å². The molecule has 0 unspecified atom stereocenters. The van der Waals surface area contributed by atoms with Crippen LogP contribution in [0.2, 0.25) is 0 Å². The van der Waals surface area contributed by atoms with Crippen LogP contribution in [-0.4, -0.2) is 33.7 Å². The van der Waals surface area contributed by atoms with Crippen molar-refractivity contribution in [3.63, 3.8) is 0 Å². The van der Waals surface area contributed by atoms with Crippen molar-refractivity contribution in [2.45, 2.75) is 6.54 Å². The highest BCUT2D eigenvalue weighted by molar-refractivity contribution is 9.10. The Morgan fingerprint density at radius 3 is 2.65 bits per heavy atom. The van der Waals surface area contributed by atoms with E-state index in [1.165, 1.54) is 24.3 Å². The van der Waals surface area contributed by atoms with E-state index in [0.717, 1.165) is 11.0 Å². The van der Waals surface area contributed by atoms with Gasteiger partial charge in [-0.1, -0.05) is 0 Å². The van der Waals surface area contributed by atoms with Crippen LogP contribution >= 0.6 is 15.9 Å². The maximum atomic E-state index is 12.8. The molecule has 0 N–H and O–H groups in total. The molecule has 1 saturated heterocycles. The molecule has 0 radical (unpaired) electrons. The lowest BCUT2D eigenvalue weighted by molar-refractivity contribution is 0.0461. The second-order valence-electron chi connectivity index (χ2n) is 4.96. The fourth-order valence-corrected chi connectivity index (χ4v) is 2.66. The van der Waals surface area contributed by atoms with Gasteiger partial charge in [0.25, 0.3) is 5.91 Å². The summed E-state index contributed by atoms with van der Waals surface area (Å²) in [5.41, 5.74) is 0.534. The molecule has 0 bridgehead atoms. The van der Waals surface area contributed by atoms with E-state index in [-0.39, 0.29) is 11.7 Å². The van der Waals surface area contributed by atoms with Crippen LogP contribution in [0.3, 0.4) is 0 Å². The molecule has 2 heterocycles. The fourth-order valence-electron chi connectivity index (χ4n) is 2.33. The van der Waals surface area contributed by atoms with Crippen LogP contribution in [0.1, 0.15) is 10.4 Å². The van der Waals surface area contributed by atoms with Crippen molar-refractivity contribution in [2.24, 2.45) is 5.92 Å². The first kappa shape index (κ1) is 13.3. The molecule has 1 aromatic heterocycles. The Bertz CT molecular complexity index is 620. The van der Waals surface area contributed by atoms with Gasteiger partial charge in [-0.05, 0) is 40.2 Å². The zero-order valence-corrected chi connectivity index (χ0v) is 12.3. The second-order valence-corrected chi connectivity index (χ2v) is 5.88. The third kappa shape index (κ3) is 2.75. The molecule has 0 spiro atoms. The zero-order valence-electron chi connectivity index (χ0n) is 10.7. The number of likely N-dealkylation sites (tertiary alicyclic amines) is 1. The third-order valence-corrected chi connectivity index (χ3v) is 3.79. The number of carbonyl (C=O) groups excluding carboxylic acids is 1. The lowest BCUT2D eigenvalue weighted by atomic mass is 9.99. The Kier molecular flexibility index (Phi) is 3.56. The lowest BCUT2D eigenvalue weighted by Crippen LogP contribution is -2.51. The Labute approximate surface area is 124 Å². The summed E-state index contributed by atoms with van der Waals surface area (Å²) in [6.45, 7) is 2.24. The van der Waals surface area contributed by atoms with Gasteiger partial charge in [0.2, 0.25) is 0 Å². The number of amides is 1. The van der Waals surface area contributed by atoms with Gasteiger partial charge >= 0.3 is 0 Å². The molecule has 1 aliphatic rings. The molecule has 0 atom stereocenters. The highest BCUT2D eigenvalue weighted by atomic mass is 79.9. The minimum absolute atomic E-state index is 0.0390. The van der Waals surface area contributed by atoms with E-state index in [1.54, 1.807) is 11.1 Å². The first-order valence-electron chi connectivity index (χ1n) is 6.34. The summed E-state index contributed by atoms with van der Waals surface area (Å²) in [7, 11) is 0. The number of aromatic nitrogens is 2. The molecule has 20 heavy (non-hydrogen) atoms. The van der Waals surface area contributed by atoms with Gasteiger partial charge < -0.3 is 4.90 Å². The standard InChI is InChI=1S/C14H13BrFN3O/c15-12-5-17-19(9-12)8-10-6-18(7-10)14(20)11-1-3-13(16)4-2-11/h1-5,9-10H,6-8H2. The van der Waals surface area contributed by atoms with E-state index in [9.17, 15) is 9.18 Å². The first-order chi connectivity index (χ1) is 9.61. The SMILES string of the molecule is O=C(c1ccc(F)cc1)N1CC(Cn2cc(Br)cn2)C1.